The van der Waals surface area contributed by atoms with E-state index in [4.69, 9.17) is 11.8 Å². The molecule has 0 spiro atoms. The normalized spacial score (nSPS) is 7.71. The van der Waals surface area contributed by atoms with Crippen molar-refractivity contribution in [3.8, 4) is 0 Å². The minimum Gasteiger partial charge on any atom is -0.273 e. The van der Waals surface area contributed by atoms with Gasteiger partial charge in [0.2, 0.25) is 5.91 Å². The fourth-order valence-electron chi connectivity index (χ4n) is 0.0643. The zero-order chi connectivity index (χ0) is 5.86. The Labute approximate surface area is 46.0 Å². The molecule has 0 N–H and O–H groups in total. The Bertz CT molecular complexity index is 92.9. The van der Waals surface area contributed by atoms with E-state index in [0.717, 1.165) is 13.3 Å². The molecule has 39 valence electrons. The Balaban J connectivity index is 3.55. The third kappa shape index (κ3) is 2.17. The van der Waals surface area contributed by atoms with Crippen molar-refractivity contribution in [2.75, 3.05) is 0 Å². The van der Waals surface area contributed by atoms with Crippen LogP contribution in [0.2, 0.25) is 0 Å². The van der Waals surface area contributed by atoms with Gasteiger partial charge >= 0.3 is 6.41 Å². The van der Waals surface area contributed by atoms with Gasteiger partial charge in [-0.2, -0.15) is 4.42 Å². The molecule has 0 aliphatic heterocycles. The van der Waals surface area contributed by atoms with Crippen LogP contribution in [0.1, 0.15) is 6.92 Å². The van der Waals surface area contributed by atoms with E-state index < -0.39 is 5.91 Å². The molecule has 0 heterocycles. The van der Waals surface area contributed by atoms with E-state index in [0.29, 0.717) is 4.42 Å². The summed E-state index contributed by atoms with van der Waals surface area (Å²) in [4.78, 5) is 19.3. The summed E-state index contributed by atoms with van der Waals surface area (Å²) in [6.07, 6.45) is 1.16. The van der Waals surface area contributed by atoms with Crippen LogP contribution in [0.3, 0.4) is 0 Å². The molecule has 0 aromatic heterocycles. The molecule has 4 heteroatoms. The number of nitrogens with zero attached hydrogens (tertiary/aromatic N) is 1. The predicted octanol–water partition coefficient (Wildman–Crippen LogP) is 0.0559. The first kappa shape index (κ1) is 6.43. The largest absolute Gasteiger partial charge is 0.335 e. The molecule has 0 saturated carbocycles. The lowest BCUT2D eigenvalue weighted by Gasteiger charge is -1.93. The SMILES string of the molecule is CC(=O)N(Cl)[C]=O. The molecule has 0 bridgehead atoms. The molecule has 0 atom stereocenters. The van der Waals surface area contributed by atoms with Gasteiger partial charge in [0, 0.05) is 18.7 Å². The quantitative estimate of drug-likeness (QED) is 0.362. The molecule has 3 nitrogen and oxygen atoms in total. The molecule has 0 aliphatic rings. The average Bonchev–Trinajstić information content (AvgIpc) is 1.65. The molecular formula is C3H3ClNO2. The summed E-state index contributed by atoms with van der Waals surface area (Å²) in [5.74, 6) is -0.531. The van der Waals surface area contributed by atoms with Crippen LogP contribution in [0, 0.1) is 0 Å². The molecule has 0 aromatic carbocycles. The van der Waals surface area contributed by atoms with E-state index in [-0.39, 0.29) is 0 Å². The number of carbonyl (C=O) groups excluding carboxylic acids is 2. The van der Waals surface area contributed by atoms with Crippen LogP contribution in [0.5, 0.6) is 0 Å². The van der Waals surface area contributed by atoms with Gasteiger partial charge in [-0.25, -0.2) is 0 Å². The molecular weight excluding hydrogens is 117 g/mol. The second-order valence-electron chi connectivity index (χ2n) is 0.891. The summed E-state index contributed by atoms with van der Waals surface area (Å²) in [6.45, 7) is 1.16. The average molecular weight is 121 g/mol. The fourth-order valence-corrected chi connectivity index (χ4v) is 0.0643. The Morgan fingerprint density at radius 3 is 2.29 bits per heavy atom. The Kier molecular flexibility index (Phi) is 2.37. The summed E-state index contributed by atoms with van der Waals surface area (Å²) in [7, 11) is 0. The van der Waals surface area contributed by atoms with Crippen molar-refractivity contribution in [3.63, 3.8) is 0 Å². The van der Waals surface area contributed by atoms with Gasteiger partial charge in [-0.1, -0.05) is 0 Å². The lowest BCUT2D eigenvalue weighted by Crippen LogP contribution is -2.14. The third-order valence-electron chi connectivity index (χ3n) is 0.357. The van der Waals surface area contributed by atoms with Crippen LogP contribution in [-0.4, -0.2) is 16.7 Å². The van der Waals surface area contributed by atoms with Crippen molar-refractivity contribution in [2.24, 2.45) is 0 Å². The number of imide groups is 1. The lowest BCUT2D eigenvalue weighted by atomic mass is 10.7. The summed E-state index contributed by atoms with van der Waals surface area (Å²) in [5.41, 5.74) is 0. The highest BCUT2D eigenvalue weighted by Crippen LogP contribution is 1.85. The molecule has 0 rings (SSSR count). The fraction of sp³-hybridized carbons (Fsp3) is 0.333. The summed E-state index contributed by atoms with van der Waals surface area (Å²) in [5, 5.41) is 0. The minimum atomic E-state index is -0.531. The highest BCUT2D eigenvalue weighted by molar-refractivity contribution is 6.26. The number of carbonyl (C=O) groups is 1. The Morgan fingerprint density at radius 2 is 2.29 bits per heavy atom. The summed E-state index contributed by atoms with van der Waals surface area (Å²) in [6, 6.07) is 0. The summed E-state index contributed by atoms with van der Waals surface area (Å²) < 4.78 is 0.319. The van der Waals surface area contributed by atoms with Crippen LogP contribution < -0.4 is 0 Å². The summed E-state index contributed by atoms with van der Waals surface area (Å²) >= 11 is 4.86. The first-order chi connectivity index (χ1) is 3.18. The Morgan fingerprint density at radius 1 is 1.86 bits per heavy atom. The van der Waals surface area contributed by atoms with E-state index >= 15 is 0 Å². The molecule has 2 amide bonds. The van der Waals surface area contributed by atoms with Gasteiger partial charge in [-0.15, -0.1) is 0 Å². The van der Waals surface area contributed by atoms with E-state index in [1.54, 1.807) is 0 Å². The van der Waals surface area contributed by atoms with Gasteiger partial charge < -0.3 is 0 Å². The minimum absolute atomic E-state index is 0.319. The molecule has 1 radical (unpaired) electrons. The first-order valence-electron chi connectivity index (χ1n) is 1.52. The van der Waals surface area contributed by atoms with E-state index in [9.17, 15) is 9.59 Å². The van der Waals surface area contributed by atoms with E-state index in [1.165, 1.54) is 0 Å². The third-order valence-corrected chi connectivity index (χ3v) is 0.664. The van der Waals surface area contributed by atoms with Gasteiger partial charge in [-0.05, 0) is 0 Å². The monoisotopic (exact) mass is 120 g/mol. The first-order valence-corrected chi connectivity index (χ1v) is 1.86. The standard InChI is InChI=1S/C3H3ClNO2/c1-3(7)5(4)2-6/h1H3. The van der Waals surface area contributed by atoms with Gasteiger partial charge in [-0.3, -0.25) is 9.59 Å². The van der Waals surface area contributed by atoms with Crippen molar-refractivity contribution in [1.82, 2.24) is 4.42 Å². The lowest BCUT2D eigenvalue weighted by molar-refractivity contribution is -0.121. The van der Waals surface area contributed by atoms with Gasteiger partial charge in [0.1, 0.15) is 0 Å². The van der Waals surface area contributed by atoms with Crippen molar-refractivity contribution in [2.45, 2.75) is 6.92 Å². The van der Waals surface area contributed by atoms with Crippen molar-refractivity contribution < 1.29 is 9.59 Å². The van der Waals surface area contributed by atoms with E-state index in [1.807, 2.05) is 0 Å². The highest BCUT2D eigenvalue weighted by atomic mass is 35.5. The maximum absolute atomic E-state index is 9.91. The predicted molar refractivity (Wildman–Crippen MR) is 24.1 cm³/mol. The number of rotatable bonds is 1. The molecule has 0 saturated heterocycles. The van der Waals surface area contributed by atoms with Gasteiger partial charge in [0.15, 0.2) is 0 Å². The number of amides is 2. The van der Waals surface area contributed by atoms with E-state index in [2.05, 4.69) is 0 Å². The second-order valence-corrected chi connectivity index (χ2v) is 1.23. The number of hydrogen-bond donors (Lipinski definition) is 0. The molecule has 0 aromatic rings. The van der Waals surface area contributed by atoms with Crippen LogP contribution >= 0.6 is 11.8 Å². The molecule has 7 heavy (non-hydrogen) atoms. The maximum atomic E-state index is 9.91. The zero-order valence-electron chi connectivity index (χ0n) is 3.64. The maximum Gasteiger partial charge on any atom is 0.335 e. The number of hydrogen-bond acceptors (Lipinski definition) is 2. The molecule has 0 fully saturated rings. The second kappa shape index (κ2) is 2.58. The van der Waals surface area contributed by atoms with Crippen molar-refractivity contribution in [1.29, 1.82) is 0 Å². The molecule has 0 aliphatic carbocycles. The smallest absolute Gasteiger partial charge is 0.273 e. The highest BCUT2D eigenvalue weighted by Gasteiger charge is 2.00. The van der Waals surface area contributed by atoms with Crippen LogP contribution in [0.15, 0.2) is 0 Å². The number of halogens is 1. The van der Waals surface area contributed by atoms with Crippen LogP contribution in [-0.2, 0) is 9.59 Å². The van der Waals surface area contributed by atoms with Crippen molar-refractivity contribution in [3.05, 3.63) is 0 Å². The van der Waals surface area contributed by atoms with Crippen molar-refractivity contribution >= 4 is 24.1 Å². The zero-order valence-corrected chi connectivity index (χ0v) is 4.40. The van der Waals surface area contributed by atoms with Gasteiger partial charge in [0.25, 0.3) is 0 Å². The Hall–Kier alpha value is -0.570. The van der Waals surface area contributed by atoms with Gasteiger partial charge in [0.05, 0.1) is 0 Å². The van der Waals surface area contributed by atoms with Crippen LogP contribution in [0.4, 0.5) is 0 Å². The van der Waals surface area contributed by atoms with Crippen LogP contribution in [0.25, 0.3) is 0 Å². The molecule has 0 unspecified atom stereocenters. The topological polar surface area (TPSA) is 37.4 Å².